The molecule has 0 spiro atoms. The van der Waals surface area contributed by atoms with Crippen molar-refractivity contribution in [2.45, 2.75) is 62.8 Å². The number of hydrogen-bond acceptors (Lipinski definition) is 9. The molecular formula is C25H39N9O6S. The fraction of sp³-hybridized carbons (Fsp3) is 0.640. The topological polar surface area (TPSA) is 215 Å². The van der Waals surface area contributed by atoms with Crippen LogP contribution in [0.4, 0.5) is 21.9 Å². The van der Waals surface area contributed by atoms with Crippen molar-refractivity contribution in [1.82, 2.24) is 20.9 Å². The van der Waals surface area contributed by atoms with Crippen LogP contribution in [-0.4, -0.2) is 89.2 Å². The number of anilines is 1. The maximum absolute atomic E-state index is 12.1. The van der Waals surface area contributed by atoms with E-state index in [1.165, 1.54) is 12.1 Å². The molecule has 15 nitrogen and oxygen atoms in total. The molecule has 0 saturated carbocycles. The lowest BCUT2D eigenvalue weighted by Crippen LogP contribution is -2.36. The van der Waals surface area contributed by atoms with Crippen LogP contribution in [0.3, 0.4) is 0 Å². The lowest BCUT2D eigenvalue weighted by Gasteiger charge is -2.17. The highest BCUT2D eigenvalue weighted by Crippen LogP contribution is 2.33. The summed E-state index contributed by atoms with van der Waals surface area (Å²) in [6.07, 6.45) is 4.99. The minimum Gasteiger partial charge on any atom is -0.481 e. The maximum Gasteiger partial charge on any atom is 0.315 e. The van der Waals surface area contributed by atoms with Crippen LogP contribution in [0, 0.1) is 10.1 Å². The Hall–Kier alpha value is -3.75. The number of hydrogen-bond donors (Lipinski definition) is 5. The largest absolute Gasteiger partial charge is 0.481 e. The molecule has 1 aromatic rings. The van der Waals surface area contributed by atoms with Gasteiger partial charge in [-0.1, -0.05) is 17.6 Å². The number of azide groups is 1. The van der Waals surface area contributed by atoms with Gasteiger partial charge >= 0.3 is 6.03 Å². The third-order valence-corrected chi connectivity index (χ3v) is 8.00. The summed E-state index contributed by atoms with van der Waals surface area (Å²) in [5, 5.41) is 34.5. The van der Waals surface area contributed by atoms with Crippen LogP contribution in [0.5, 0.6) is 0 Å². The summed E-state index contributed by atoms with van der Waals surface area (Å²) in [6.45, 7) is 3.92. The molecule has 3 atom stereocenters. The van der Waals surface area contributed by atoms with Crippen molar-refractivity contribution in [3.05, 3.63) is 38.8 Å². The molecule has 2 aliphatic rings. The van der Waals surface area contributed by atoms with Crippen LogP contribution in [0.1, 0.15) is 45.4 Å². The van der Waals surface area contributed by atoms with E-state index in [9.17, 15) is 19.7 Å². The number of thioether (sulfide) groups is 1. The summed E-state index contributed by atoms with van der Waals surface area (Å²) in [4.78, 5) is 48.1. The first-order valence-electron chi connectivity index (χ1n) is 13.5. The second-order valence-electron chi connectivity index (χ2n) is 9.82. The number of benzene rings is 1. The molecule has 2 aliphatic heterocycles. The van der Waals surface area contributed by atoms with Gasteiger partial charge < -0.3 is 31.3 Å². The fourth-order valence-electron chi connectivity index (χ4n) is 4.56. The van der Waals surface area contributed by atoms with Crippen molar-refractivity contribution < 1.29 is 24.4 Å². The Morgan fingerprint density at radius 3 is 2.63 bits per heavy atom. The van der Waals surface area contributed by atoms with E-state index in [1.54, 1.807) is 6.07 Å². The highest BCUT2D eigenvalue weighted by atomic mass is 32.2. The average molecular weight is 594 g/mol. The molecule has 5 N–H and O–H groups in total. The first-order valence-corrected chi connectivity index (χ1v) is 14.6. The van der Waals surface area contributed by atoms with Gasteiger partial charge in [-0.3, -0.25) is 19.7 Å². The van der Waals surface area contributed by atoms with Crippen molar-refractivity contribution >= 4 is 46.7 Å². The van der Waals surface area contributed by atoms with Crippen molar-refractivity contribution in [3.8, 4) is 0 Å². The molecular weight excluding hydrogens is 554 g/mol. The Kier molecular flexibility index (Phi) is 14.6. The molecule has 2 heterocycles. The zero-order valence-corrected chi connectivity index (χ0v) is 24.2. The molecule has 3 amide bonds. The van der Waals surface area contributed by atoms with Crippen molar-refractivity contribution in [3.63, 3.8) is 0 Å². The Morgan fingerprint density at radius 1 is 1.24 bits per heavy atom. The lowest BCUT2D eigenvalue weighted by molar-refractivity contribution is -0.383. The van der Waals surface area contributed by atoms with Crippen LogP contribution >= 0.6 is 11.8 Å². The number of nitrogens with zero attached hydrogens (tertiary/aromatic N) is 5. The monoisotopic (exact) mass is 593 g/mol. The standard InChI is InChI=1S/C23H35N9O4S.C2H4O2/c1-31(12-4-10-25-17-9-8-16(29-30-24)14-19(17)32(35)36)13-5-11-26-21(33)7-3-2-6-20-22-18(15-37-20)27-23(34)28-22;1-2(3)4/h8-9,14,18,20,22,25H,2-7,10-13,15H2,1H3,(H,26,33)(H2,27,28,34);1H3,(H,3,4)/t18-,20-,22-;/m0./s1. The van der Waals surface area contributed by atoms with E-state index < -0.39 is 10.9 Å². The van der Waals surface area contributed by atoms with E-state index in [1.807, 2.05) is 18.8 Å². The number of carbonyl (C=O) groups is 3. The molecule has 2 fully saturated rings. The number of carbonyl (C=O) groups excluding carboxylic acids is 2. The number of amides is 3. The van der Waals surface area contributed by atoms with Gasteiger partial charge in [-0.05, 0) is 57.4 Å². The summed E-state index contributed by atoms with van der Waals surface area (Å²) in [5.41, 5.74) is 8.95. The third-order valence-electron chi connectivity index (χ3n) is 6.49. The number of carboxylic acids is 1. The highest BCUT2D eigenvalue weighted by molar-refractivity contribution is 8.00. The van der Waals surface area contributed by atoms with Crippen molar-refractivity contribution in [2.75, 3.05) is 44.3 Å². The second kappa shape index (κ2) is 17.8. The van der Waals surface area contributed by atoms with E-state index in [-0.39, 0.29) is 35.4 Å². The number of nitro benzene ring substituents is 1. The number of nitrogens with one attached hydrogen (secondary N) is 4. The van der Waals surface area contributed by atoms with Gasteiger partial charge in [0, 0.05) is 54.1 Å². The van der Waals surface area contributed by atoms with Gasteiger partial charge in [0.15, 0.2) is 0 Å². The van der Waals surface area contributed by atoms with Crippen molar-refractivity contribution in [1.29, 1.82) is 0 Å². The SMILES string of the molecule is CC(=O)O.CN(CCCNC(=O)CCCC[C@@H]1SC[C@@H]2NC(=O)N[C@@H]21)CCCNc1ccc(N=[N+]=[N-])cc1[N+](=O)[O-]. The van der Waals surface area contributed by atoms with Crippen LogP contribution in [0.2, 0.25) is 0 Å². The van der Waals surface area contributed by atoms with Gasteiger partial charge in [0.05, 0.1) is 17.0 Å². The van der Waals surface area contributed by atoms with E-state index >= 15 is 0 Å². The smallest absolute Gasteiger partial charge is 0.315 e. The fourth-order valence-corrected chi connectivity index (χ4v) is 6.10. The van der Waals surface area contributed by atoms with E-state index in [0.717, 1.165) is 57.9 Å². The molecule has 0 radical (unpaired) electrons. The van der Waals surface area contributed by atoms with Gasteiger partial charge in [0.2, 0.25) is 5.91 Å². The molecule has 0 unspecified atom stereocenters. The molecule has 226 valence electrons. The van der Waals surface area contributed by atoms with Crippen LogP contribution < -0.4 is 21.3 Å². The third kappa shape index (κ3) is 12.5. The summed E-state index contributed by atoms with van der Waals surface area (Å²) < 4.78 is 0. The molecule has 0 aliphatic carbocycles. The molecule has 41 heavy (non-hydrogen) atoms. The van der Waals surface area contributed by atoms with E-state index in [2.05, 4.69) is 36.2 Å². The zero-order chi connectivity index (χ0) is 30.2. The summed E-state index contributed by atoms with van der Waals surface area (Å²) in [5.74, 6) is 0.198. The first-order chi connectivity index (χ1) is 19.6. The molecule has 0 bridgehead atoms. The van der Waals surface area contributed by atoms with Gasteiger partial charge in [-0.15, -0.1) is 0 Å². The number of unbranched alkanes of at least 4 members (excludes halogenated alkanes) is 1. The highest BCUT2D eigenvalue weighted by Gasteiger charge is 2.42. The molecule has 2 saturated heterocycles. The summed E-state index contributed by atoms with van der Waals surface area (Å²) >= 11 is 1.90. The normalized spacial score (nSPS) is 18.7. The van der Waals surface area contributed by atoms with Crippen LogP contribution in [-0.2, 0) is 9.59 Å². The average Bonchev–Trinajstić information content (AvgIpc) is 3.46. The number of fused-ring (bicyclic) bond motifs is 1. The van der Waals surface area contributed by atoms with Gasteiger partial charge in [-0.25, -0.2) is 4.79 Å². The minimum absolute atomic E-state index is 0.0662. The van der Waals surface area contributed by atoms with Crippen LogP contribution in [0.15, 0.2) is 23.3 Å². The second-order valence-corrected chi connectivity index (χ2v) is 11.1. The molecule has 16 heteroatoms. The first kappa shape index (κ1) is 33.5. The maximum atomic E-state index is 12.1. The predicted molar refractivity (Wildman–Crippen MR) is 157 cm³/mol. The zero-order valence-electron chi connectivity index (χ0n) is 23.4. The molecule has 1 aromatic carbocycles. The molecule has 3 rings (SSSR count). The number of aliphatic carboxylic acids is 1. The number of rotatable bonds is 16. The number of carboxylic acid groups (broad SMARTS) is 1. The number of urea groups is 1. The minimum atomic E-state index is -0.833. The van der Waals surface area contributed by atoms with Crippen molar-refractivity contribution in [2.24, 2.45) is 5.11 Å². The van der Waals surface area contributed by atoms with Gasteiger partial charge in [-0.2, -0.15) is 11.8 Å². The Balaban J connectivity index is 0.00000138. The summed E-state index contributed by atoms with van der Waals surface area (Å²) in [7, 11) is 2.01. The summed E-state index contributed by atoms with van der Waals surface area (Å²) in [6, 6.07) is 4.72. The van der Waals surface area contributed by atoms with E-state index in [4.69, 9.17) is 15.4 Å². The van der Waals surface area contributed by atoms with E-state index in [0.29, 0.717) is 30.4 Å². The molecule has 0 aromatic heterocycles. The van der Waals surface area contributed by atoms with Gasteiger partial charge in [0.25, 0.3) is 11.7 Å². The Morgan fingerprint density at radius 2 is 1.95 bits per heavy atom. The lowest BCUT2D eigenvalue weighted by atomic mass is 10.0. The quantitative estimate of drug-likeness (QED) is 0.0359. The van der Waals surface area contributed by atoms with Crippen LogP contribution in [0.25, 0.3) is 10.4 Å². The Labute approximate surface area is 243 Å². The van der Waals surface area contributed by atoms with Gasteiger partial charge in [0.1, 0.15) is 5.69 Å². The predicted octanol–water partition coefficient (Wildman–Crippen LogP) is 3.59. The Bertz CT molecular complexity index is 1100. The number of nitro groups is 1.